The molecule has 1 unspecified atom stereocenters. The van der Waals surface area contributed by atoms with Gasteiger partial charge < -0.3 is 19.5 Å². The first-order valence-corrected chi connectivity index (χ1v) is 7.71. The van der Waals surface area contributed by atoms with E-state index in [-0.39, 0.29) is 5.97 Å². The molecule has 21 heavy (non-hydrogen) atoms. The average molecular weight is 302 g/mol. The molecule has 6 heteroatoms. The van der Waals surface area contributed by atoms with Gasteiger partial charge in [0.2, 0.25) is 0 Å². The Bertz CT molecular complexity index is 302. The maximum absolute atomic E-state index is 12.5. The van der Waals surface area contributed by atoms with Crippen LogP contribution in [0.1, 0.15) is 19.8 Å². The van der Waals surface area contributed by atoms with E-state index in [2.05, 4.69) is 10.2 Å². The Morgan fingerprint density at radius 3 is 2.19 bits per heavy atom. The van der Waals surface area contributed by atoms with Crippen LogP contribution in [-0.2, 0) is 19.0 Å². The summed E-state index contributed by atoms with van der Waals surface area (Å²) in [6, 6.07) is 0. The van der Waals surface area contributed by atoms with Crippen molar-refractivity contribution >= 4 is 5.97 Å². The van der Waals surface area contributed by atoms with Crippen molar-refractivity contribution in [2.75, 3.05) is 60.7 Å². The molecule has 1 aliphatic carbocycles. The van der Waals surface area contributed by atoms with E-state index in [1.165, 1.54) is 0 Å². The summed E-state index contributed by atoms with van der Waals surface area (Å²) < 4.78 is 15.6. The van der Waals surface area contributed by atoms with Crippen molar-refractivity contribution in [3.8, 4) is 0 Å². The SMILES string of the molecule is CCOC(=O)C(CN(CCOC)CCOC)(NC)C1CC1. The van der Waals surface area contributed by atoms with Crippen LogP contribution in [0.25, 0.3) is 0 Å². The number of hydrogen-bond donors (Lipinski definition) is 1. The van der Waals surface area contributed by atoms with Gasteiger partial charge in [-0.2, -0.15) is 0 Å². The lowest BCUT2D eigenvalue weighted by atomic mass is 9.92. The Morgan fingerprint density at radius 2 is 1.81 bits per heavy atom. The lowest BCUT2D eigenvalue weighted by Crippen LogP contribution is -2.60. The zero-order chi connectivity index (χ0) is 15.7. The van der Waals surface area contributed by atoms with Crippen molar-refractivity contribution in [1.82, 2.24) is 10.2 Å². The lowest BCUT2D eigenvalue weighted by molar-refractivity contribution is -0.153. The van der Waals surface area contributed by atoms with Crippen molar-refractivity contribution in [3.05, 3.63) is 0 Å². The van der Waals surface area contributed by atoms with Crippen LogP contribution in [-0.4, -0.2) is 77.1 Å². The zero-order valence-corrected chi connectivity index (χ0v) is 13.8. The summed E-state index contributed by atoms with van der Waals surface area (Å²) in [6.07, 6.45) is 2.14. The van der Waals surface area contributed by atoms with E-state index >= 15 is 0 Å². The number of nitrogens with one attached hydrogen (secondary N) is 1. The topological polar surface area (TPSA) is 60.0 Å². The van der Waals surface area contributed by atoms with E-state index in [0.717, 1.165) is 25.9 Å². The third-order valence-corrected chi connectivity index (χ3v) is 4.06. The van der Waals surface area contributed by atoms with Gasteiger partial charge in [-0.1, -0.05) is 0 Å². The van der Waals surface area contributed by atoms with Gasteiger partial charge in [0.15, 0.2) is 0 Å². The summed E-state index contributed by atoms with van der Waals surface area (Å²) >= 11 is 0. The van der Waals surface area contributed by atoms with Gasteiger partial charge in [0.05, 0.1) is 19.8 Å². The second kappa shape index (κ2) is 9.35. The maximum atomic E-state index is 12.5. The van der Waals surface area contributed by atoms with E-state index < -0.39 is 5.54 Å². The molecule has 0 radical (unpaired) electrons. The second-order valence-electron chi connectivity index (χ2n) is 5.48. The minimum absolute atomic E-state index is 0.144. The van der Waals surface area contributed by atoms with E-state index in [1.807, 2.05) is 14.0 Å². The first-order valence-electron chi connectivity index (χ1n) is 7.71. The van der Waals surface area contributed by atoms with Gasteiger partial charge in [0, 0.05) is 33.9 Å². The summed E-state index contributed by atoms with van der Waals surface area (Å²) in [5.41, 5.74) is -0.614. The van der Waals surface area contributed by atoms with Crippen LogP contribution in [0.15, 0.2) is 0 Å². The largest absolute Gasteiger partial charge is 0.465 e. The Labute approximate surface area is 128 Å². The number of ether oxygens (including phenoxy) is 3. The molecule has 124 valence electrons. The number of hydrogen-bond acceptors (Lipinski definition) is 6. The molecule has 0 spiro atoms. The molecule has 1 rings (SSSR count). The molecular weight excluding hydrogens is 272 g/mol. The predicted molar refractivity (Wildman–Crippen MR) is 81.3 cm³/mol. The normalized spacial score (nSPS) is 17.8. The van der Waals surface area contributed by atoms with Gasteiger partial charge in [0.1, 0.15) is 5.54 Å². The molecule has 0 aromatic carbocycles. The molecule has 1 N–H and O–H groups in total. The van der Waals surface area contributed by atoms with E-state index in [1.54, 1.807) is 14.2 Å². The van der Waals surface area contributed by atoms with Crippen LogP contribution in [0.3, 0.4) is 0 Å². The van der Waals surface area contributed by atoms with Crippen LogP contribution in [0.2, 0.25) is 0 Å². The molecule has 1 saturated carbocycles. The summed E-state index contributed by atoms with van der Waals surface area (Å²) in [5, 5.41) is 3.25. The number of esters is 1. The Kier molecular flexibility index (Phi) is 8.18. The first kappa shape index (κ1) is 18.4. The molecule has 0 aromatic rings. The van der Waals surface area contributed by atoms with Gasteiger partial charge in [-0.05, 0) is 32.7 Å². The van der Waals surface area contributed by atoms with E-state index in [9.17, 15) is 4.79 Å². The molecule has 1 aliphatic rings. The second-order valence-corrected chi connectivity index (χ2v) is 5.48. The van der Waals surface area contributed by atoms with Gasteiger partial charge in [-0.3, -0.25) is 4.90 Å². The smallest absolute Gasteiger partial charge is 0.327 e. The first-order chi connectivity index (χ1) is 10.1. The fraction of sp³-hybridized carbons (Fsp3) is 0.933. The molecule has 0 saturated heterocycles. The van der Waals surface area contributed by atoms with Gasteiger partial charge >= 0.3 is 5.97 Å². The van der Waals surface area contributed by atoms with E-state index in [0.29, 0.717) is 32.3 Å². The van der Waals surface area contributed by atoms with E-state index in [4.69, 9.17) is 14.2 Å². The molecule has 0 amide bonds. The van der Waals surface area contributed by atoms with Crippen molar-refractivity contribution in [2.45, 2.75) is 25.3 Å². The van der Waals surface area contributed by atoms with Crippen LogP contribution in [0.5, 0.6) is 0 Å². The average Bonchev–Trinajstić information content (AvgIpc) is 3.32. The predicted octanol–water partition coefficient (Wildman–Crippen LogP) is 0.513. The minimum atomic E-state index is -0.614. The van der Waals surface area contributed by atoms with Gasteiger partial charge in [0.25, 0.3) is 0 Å². The van der Waals surface area contributed by atoms with Crippen LogP contribution in [0.4, 0.5) is 0 Å². The Morgan fingerprint density at radius 1 is 1.24 bits per heavy atom. The number of carbonyl (C=O) groups is 1. The van der Waals surface area contributed by atoms with Crippen molar-refractivity contribution in [2.24, 2.45) is 5.92 Å². The van der Waals surface area contributed by atoms with Gasteiger partial charge in [-0.15, -0.1) is 0 Å². The molecular formula is C15H30N2O4. The number of methoxy groups -OCH3 is 2. The quantitative estimate of drug-likeness (QED) is 0.530. The third kappa shape index (κ3) is 5.21. The molecule has 6 nitrogen and oxygen atoms in total. The monoisotopic (exact) mass is 302 g/mol. The molecule has 0 bridgehead atoms. The fourth-order valence-corrected chi connectivity index (χ4v) is 2.64. The van der Waals surface area contributed by atoms with Gasteiger partial charge in [-0.25, -0.2) is 4.79 Å². The molecule has 0 aromatic heterocycles. The van der Waals surface area contributed by atoms with Crippen LogP contribution in [0, 0.1) is 5.92 Å². The summed E-state index contributed by atoms with van der Waals surface area (Å²) in [4.78, 5) is 14.7. The van der Waals surface area contributed by atoms with Crippen molar-refractivity contribution < 1.29 is 19.0 Å². The summed E-state index contributed by atoms with van der Waals surface area (Å²) in [6.45, 7) is 5.70. The fourth-order valence-electron chi connectivity index (χ4n) is 2.64. The lowest BCUT2D eigenvalue weighted by Gasteiger charge is -2.36. The van der Waals surface area contributed by atoms with Crippen LogP contribution >= 0.6 is 0 Å². The highest BCUT2D eigenvalue weighted by atomic mass is 16.5. The highest BCUT2D eigenvalue weighted by molar-refractivity contribution is 5.82. The Hall–Kier alpha value is -0.690. The highest BCUT2D eigenvalue weighted by Gasteiger charge is 2.51. The zero-order valence-electron chi connectivity index (χ0n) is 13.8. The standard InChI is InChI=1S/C15H30N2O4/c1-5-21-14(18)15(16-2,13-6-7-13)12-17(8-10-19-3)9-11-20-4/h13,16H,5-12H2,1-4H3. The van der Waals surface area contributed by atoms with Crippen molar-refractivity contribution in [1.29, 1.82) is 0 Å². The number of likely N-dealkylation sites (N-methyl/N-ethyl adjacent to an activating group) is 1. The number of nitrogens with zero attached hydrogens (tertiary/aromatic N) is 1. The number of rotatable bonds is 12. The molecule has 0 aliphatic heterocycles. The Balaban J connectivity index is 2.77. The van der Waals surface area contributed by atoms with Crippen molar-refractivity contribution in [3.63, 3.8) is 0 Å². The minimum Gasteiger partial charge on any atom is -0.465 e. The molecule has 1 atom stereocenters. The number of carbonyl (C=O) groups excluding carboxylic acids is 1. The summed E-state index contributed by atoms with van der Waals surface area (Å²) in [7, 11) is 5.22. The molecule has 1 fully saturated rings. The molecule has 0 heterocycles. The highest BCUT2D eigenvalue weighted by Crippen LogP contribution is 2.40. The summed E-state index contributed by atoms with van der Waals surface area (Å²) in [5.74, 6) is 0.212. The third-order valence-electron chi connectivity index (χ3n) is 4.06. The maximum Gasteiger partial charge on any atom is 0.327 e. The van der Waals surface area contributed by atoms with Crippen LogP contribution < -0.4 is 5.32 Å².